The van der Waals surface area contributed by atoms with Crippen LogP contribution >= 0.6 is 11.6 Å². The Bertz CT molecular complexity index is 679. The Hall–Kier alpha value is -1.54. The number of unbranched alkanes of at least 4 members (excludes halogenated alkanes) is 4. The van der Waals surface area contributed by atoms with E-state index in [1.807, 2.05) is 24.3 Å². The summed E-state index contributed by atoms with van der Waals surface area (Å²) in [6.45, 7) is 0. The SMILES string of the molecule is O=C(O)CCCCCCC1C(CCCC#Cc2ccccc2Cl)[C@H](O)C[C@@H]1O. The van der Waals surface area contributed by atoms with Crippen LogP contribution in [0.5, 0.6) is 0 Å². The van der Waals surface area contributed by atoms with Crippen LogP contribution in [-0.2, 0) is 4.79 Å². The van der Waals surface area contributed by atoms with E-state index in [-0.39, 0.29) is 18.3 Å². The lowest BCUT2D eigenvalue weighted by atomic mass is 9.85. The third kappa shape index (κ3) is 7.47. The fourth-order valence-corrected chi connectivity index (χ4v) is 4.32. The van der Waals surface area contributed by atoms with Gasteiger partial charge in [0.1, 0.15) is 0 Å². The molecule has 154 valence electrons. The highest BCUT2D eigenvalue weighted by Crippen LogP contribution is 2.39. The van der Waals surface area contributed by atoms with Crippen molar-refractivity contribution in [2.45, 2.75) is 76.4 Å². The molecule has 1 saturated carbocycles. The maximum absolute atomic E-state index is 10.5. The van der Waals surface area contributed by atoms with Crippen molar-refractivity contribution in [2.24, 2.45) is 11.8 Å². The summed E-state index contributed by atoms with van der Waals surface area (Å²) in [4.78, 5) is 10.5. The van der Waals surface area contributed by atoms with Gasteiger partial charge >= 0.3 is 5.97 Å². The van der Waals surface area contributed by atoms with E-state index < -0.39 is 18.2 Å². The summed E-state index contributed by atoms with van der Waals surface area (Å²) in [5.41, 5.74) is 0.835. The van der Waals surface area contributed by atoms with E-state index in [4.69, 9.17) is 16.7 Å². The topological polar surface area (TPSA) is 77.8 Å². The molecular formula is C23H31ClO4. The fourth-order valence-electron chi connectivity index (χ4n) is 4.14. The van der Waals surface area contributed by atoms with Crippen LogP contribution < -0.4 is 0 Å². The Morgan fingerprint density at radius 2 is 1.64 bits per heavy atom. The Labute approximate surface area is 172 Å². The fraction of sp³-hybridized carbons (Fsp3) is 0.609. The number of hydrogen-bond donors (Lipinski definition) is 3. The van der Waals surface area contributed by atoms with Gasteiger partial charge < -0.3 is 15.3 Å². The number of carboxylic acid groups (broad SMARTS) is 1. The second-order valence-electron chi connectivity index (χ2n) is 7.72. The number of aliphatic hydroxyl groups excluding tert-OH is 2. The molecule has 28 heavy (non-hydrogen) atoms. The van der Waals surface area contributed by atoms with Crippen LogP contribution in [0, 0.1) is 23.7 Å². The van der Waals surface area contributed by atoms with Gasteiger partial charge in [-0.3, -0.25) is 4.79 Å². The molecule has 0 radical (unpaired) electrons. The zero-order chi connectivity index (χ0) is 20.4. The molecule has 0 aromatic heterocycles. The van der Waals surface area contributed by atoms with E-state index in [0.29, 0.717) is 17.9 Å². The Kier molecular flexibility index (Phi) is 9.84. The molecule has 3 N–H and O–H groups in total. The second-order valence-corrected chi connectivity index (χ2v) is 8.13. The summed E-state index contributed by atoms with van der Waals surface area (Å²) in [6.07, 6.45) is 6.74. The van der Waals surface area contributed by atoms with Crippen molar-refractivity contribution in [3.63, 3.8) is 0 Å². The van der Waals surface area contributed by atoms with Crippen LogP contribution in [-0.4, -0.2) is 33.5 Å². The van der Waals surface area contributed by atoms with Crippen molar-refractivity contribution < 1.29 is 20.1 Å². The Morgan fingerprint density at radius 3 is 2.32 bits per heavy atom. The number of carboxylic acids is 1. The number of rotatable bonds is 10. The zero-order valence-corrected chi connectivity index (χ0v) is 17.1. The molecule has 0 saturated heterocycles. The Balaban J connectivity index is 1.72. The predicted molar refractivity (Wildman–Crippen MR) is 111 cm³/mol. The van der Waals surface area contributed by atoms with Crippen molar-refractivity contribution in [3.05, 3.63) is 34.9 Å². The highest BCUT2D eigenvalue weighted by Gasteiger charge is 2.40. The van der Waals surface area contributed by atoms with Gasteiger partial charge in [0.15, 0.2) is 0 Å². The number of carbonyl (C=O) groups is 1. The standard InChI is InChI=1S/C23H31ClO4/c24-20-14-9-8-11-17(20)10-4-3-6-13-19-18(21(25)16-22(19)26)12-5-1-2-7-15-23(27)28/h8-9,11,14,18-19,21-22,25-26H,1-3,5-7,12-13,15-16H2,(H,27,28)/t18?,19?,21-,22+/m0/s1. The van der Waals surface area contributed by atoms with Crippen LogP contribution in [0.15, 0.2) is 24.3 Å². The molecule has 0 heterocycles. The minimum atomic E-state index is -0.743. The molecule has 1 aliphatic rings. The molecule has 4 nitrogen and oxygen atoms in total. The van der Waals surface area contributed by atoms with Crippen molar-refractivity contribution in [1.29, 1.82) is 0 Å². The average molecular weight is 407 g/mol. The normalized spacial score (nSPS) is 24.0. The van der Waals surface area contributed by atoms with Gasteiger partial charge in [0.2, 0.25) is 0 Å². The van der Waals surface area contributed by atoms with Gasteiger partial charge in [0, 0.05) is 18.4 Å². The lowest BCUT2D eigenvalue weighted by Gasteiger charge is -2.23. The number of aliphatic hydroxyl groups is 2. The highest BCUT2D eigenvalue weighted by atomic mass is 35.5. The first kappa shape index (κ1) is 22.7. The van der Waals surface area contributed by atoms with Crippen molar-refractivity contribution in [1.82, 2.24) is 0 Å². The number of aliphatic carboxylic acids is 1. The first-order valence-corrected chi connectivity index (χ1v) is 10.7. The summed E-state index contributed by atoms with van der Waals surface area (Å²) >= 11 is 6.10. The first-order valence-electron chi connectivity index (χ1n) is 10.3. The first-order chi connectivity index (χ1) is 13.5. The largest absolute Gasteiger partial charge is 0.481 e. The van der Waals surface area contributed by atoms with Gasteiger partial charge in [-0.1, -0.05) is 54.8 Å². The van der Waals surface area contributed by atoms with Gasteiger partial charge in [0.05, 0.1) is 17.2 Å². The van der Waals surface area contributed by atoms with E-state index in [9.17, 15) is 15.0 Å². The lowest BCUT2D eigenvalue weighted by Crippen LogP contribution is -2.22. The second kappa shape index (κ2) is 12.1. The molecule has 4 atom stereocenters. The third-order valence-corrected chi connectivity index (χ3v) is 5.97. The summed E-state index contributed by atoms with van der Waals surface area (Å²) in [5, 5.41) is 30.0. The summed E-state index contributed by atoms with van der Waals surface area (Å²) in [7, 11) is 0. The van der Waals surface area contributed by atoms with Crippen LogP contribution in [0.2, 0.25) is 5.02 Å². The molecule has 1 aliphatic carbocycles. The molecule has 2 rings (SSSR count). The minimum Gasteiger partial charge on any atom is -0.481 e. The Morgan fingerprint density at radius 1 is 1.00 bits per heavy atom. The van der Waals surface area contributed by atoms with E-state index in [0.717, 1.165) is 50.5 Å². The quantitative estimate of drug-likeness (QED) is 0.390. The van der Waals surface area contributed by atoms with Gasteiger partial charge in [-0.2, -0.15) is 0 Å². The summed E-state index contributed by atoms with van der Waals surface area (Å²) in [6, 6.07) is 7.53. The van der Waals surface area contributed by atoms with Crippen LogP contribution in [0.25, 0.3) is 0 Å². The van der Waals surface area contributed by atoms with Crippen molar-refractivity contribution in [2.75, 3.05) is 0 Å². The number of halogens is 1. The molecule has 1 fully saturated rings. The van der Waals surface area contributed by atoms with E-state index in [2.05, 4.69) is 11.8 Å². The minimum absolute atomic E-state index is 0.121. The van der Waals surface area contributed by atoms with Crippen molar-refractivity contribution >= 4 is 17.6 Å². The molecular weight excluding hydrogens is 376 g/mol. The van der Waals surface area contributed by atoms with Crippen molar-refractivity contribution in [3.8, 4) is 11.8 Å². The third-order valence-electron chi connectivity index (χ3n) is 5.64. The molecule has 0 spiro atoms. The van der Waals surface area contributed by atoms with E-state index in [1.165, 1.54) is 0 Å². The maximum atomic E-state index is 10.5. The monoisotopic (exact) mass is 406 g/mol. The zero-order valence-electron chi connectivity index (χ0n) is 16.3. The van der Waals surface area contributed by atoms with Gasteiger partial charge in [-0.25, -0.2) is 0 Å². The predicted octanol–water partition coefficient (Wildman–Crippen LogP) is 4.64. The van der Waals surface area contributed by atoms with Gasteiger partial charge in [0.25, 0.3) is 0 Å². The molecule has 2 unspecified atom stereocenters. The highest BCUT2D eigenvalue weighted by molar-refractivity contribution is 6.31. The molecule has 0 aliphatic heterocycles. The van der Waals surface area contributed by atoms with Crippen LogP contribution in [0.1, 0.15) is 69.8 Å². The molecule has 1 aromatic rings. The number of hydrogen-bond acceptors (Lipinski definition) is 3. The van der Waals surface area contributed by atoms with Gasteiger partial charge in [-0.15, -0.1) is 0 Å². The lowest BCUT2D eigenvalue weighted by molar-refractivity contribution is -0.137. The summed E-state index contributed by atoms with van der Waals surface area (Å²) < 4.78 is 0. The molecule has 0 bridgehead atoms. The molecule has 1 aromatic carbocycles. The summed E-state index contributed by atoms with van der Waals surface area (Å²) in [5.74, 6) is 5.76. The average Bonchev–Trinajstić information content (AvgIpc) is 2.92. The van der Waals surface area contributed by atoms with E-state index in [1.54, 1.807) is 0 Å². The van der Waals surface area contributed by atoms with Crippen LogP contribution in [0.3, 0.4) is 0 Å². The van der Waals surface area contributed by atoms with Gasteiger partial charge in [-0.05, 0) is 56.1 Å². The maximum Gasteiger partial charge on any atom is 0.303 e. The molecule has 5 heteroatoms. The smallest absolute Gasteiger partial charge is 0.303 e. The molecule has 0 amide bonds. The van der Waals surface area contributed by atoms with E-state index >= 15 is 0 Å². The number of benzene rings is 1. The van der Waals surface area contributed by atoms with Crippen LogP contribution in [0.4, 0.5) is 0 Å².